The van der Waals surface area contributed by atoms with E-state index < -0.39 is 24.5 Å². The molecule has 0 spiro atoms. The zero-order valence-corrected chi connectivity index (χ0v) is 37.3. The summed E-state index contributed by atoms with van der Waals surface area (Å²) in [7, 11) is 2.91. The van der Waals surface area contributed by atoms with Crippen molar-refractivity contribution in [3.05, 3.63) is 60.7 Å². The lowest BCUT2D eigenvalue weighted by Crippen LogP contribution is -2.55. The number of carbonyl (C=O) groups excluding carboxylic acids is 6. The second-order valence-corrected chi connectivity index (χ2v) is 15.4. The first kappa shape index (κ1) is 50.5. The Hall–Kier alpha value is -6.14. The summed E-state index contributed by atoms with van der Waals surface area (Å²) in [6.07, 6.45) is 6.55. The molecule has 2 aromatic carbocycles. The van der Waals surface area contributed by atoms with Crippen LogP contribution in [-0.2, 0) is 19.1 Å². The van der Waals surface area contributed by atoms with Gasteiger partial charge in [0.25, 0.3) is 11.8 Å². The second-order valence-electron chi connectivity index (χ2n) is 15.4. The molecule has 2 fully saturated rings. The van der Waals surface area contributed by atoms with Crippen molar-refractivity contribution in [3.8, 4) is 23.0 Å². The van der Waals surface area contributed by atoms with E-state index in [1.165, 1.54) is 64.5 Å². The summed E-state index contributed by atoms with van der Waals surface area (Å²) >= 11 is 0. The molecule has 5 rings (SSSR count). The Bertz CT molecular complexity index is 1990. The maximum Gasteiger partial charge on any atom is 0.416 e. The third-order valence-corrected chi connectivity index (χ3v) is 10.8. The first-order chi connectivity index (χ1) is 30.8. The van der Waals surface area contributed by atoms with Gasteiger partial charge in [0.05, 0.1) is 68.6 Å². The molecule has 0 bridgehead atoms. The molecule has 0 radical (unpaired) electrons. The van der Waals surface area contributed by atoms with Gasteiger partial charge in [0, 0.05) is 38.1 Å². The number of anilines is 2. The molecule has 3 aliphatic rings. The number of likely N-dealkylation sites (tertiary alicyclic amines) is 1. The molecule has 2 saturated heterocycles. The number of nitrogens with zero attached hydrogens (tertiary/aromatic N) is 3. The third-order valence-electron chi connectivity index (χ3n) is 10.8. The van der Waals surface area contributed by atoms with Gasteiger partial charge in [0.15, 0.2) is 29.2 Å². The van der Waals surface area contributed by atoms with Crippen molar-refractivity contribution in [2.45, 2.75) is 96.4 Å². The molecule has 18 heteroatoms. The van der Waals surface area contributed by atoms with Gasteiger partial charge in [0.2, 0.25) is 0 Å². The highest BCUT2D eigenvalue weighted by atomic mass is 16.6. The van der Waals surface area contributed by atoms with E-state index in [0.717, 1.165) is 30.6 Å². The van der Waals surface area contributed by atoms with Crippen molar-refractivity contribution < 1.29 is 67.4 Å². The average Bonchev–Trinajstić information content (AvgIpc) is 3.38. The molecular weight excluding hydrogens is 833 g/mol. The van der Waals surface area contributed by atoms with Crippen LogP contribution in [-0.4, -0.2) is 134 Å². The zero-order chi connectivity index (χ0) is 46.8. The van der Waals surface area contributed by atoms with Crippen LogP contribution >= 0.6 is 0 Å². The average molecular weight is 895 g/mol. The summed E-state index contributed by atoms with van der Waals surface area (Å²) in [5.41, 5.74) is 0.813. The molecule has 3 N–H and O–H groups in total. The summed E-state index contributed by atoms with van der Waals surface area (Å²) in [5, 5.41) is 23.5. The number of ketones is 2. The molecule has 350 valence electrons. The fourth-order valence-electron chi connectivity index (χ4n) is 7.60. The van der Waals surface area contributed by atoms with Crippen LogP contribution in [0.25, 0.3) is 0 Å². The van der Waals surface area contributed by atoms with Crippen LogP contribution in [0.2, 0.25) is 0 Å². The number of Topliss-reactive ketones (excluding diaryl/α,β-unsaturated/α-hetero) is 2. The Morgan fingerprint density at radius 3 is 2.00 bits per heavy atom. The molecule has 2 aromatic rings. The Morgan fingerprint density at radius 1 is 0.797 bits per heavy atom. The summed E-state index contributed by atoms with van der Waals surface area (Å²) < 4.78 is 32.6. The van der Waals surface area contributed by atoms with Crippen LogP contribution in [0.3, 0.4) is 0 Å². The van der Waals surface area contributed by atoms with Crippen molar-refractivity contribution in [1.29, 1.82) is 0 Å². The third kappa shape index (κ3) is 13.4. The molecule has 4 amide bonds. The molecular formula is C46H62N4O14. The van der Waals surface area contributed by atoms with Crippen LogP contribution in [0.1, 0.15) is 98.8 Å². The van der Waals surface area contributed by atoms with Crippen LogP contribution in [0.4, 0.5) is 21.0 Å². The Labute approximate surface area is 374 Å². The van der Waals surface area contributed by atoms with Gasteiger partial charge in [-0.05, 0) is 77.3 Å². The van der Waals surface area contributed by atoms with Crippen LogP contribution in [0.15, 0.2) is 49.6 Å². The van der Waals surface area contributed by atoms with Crippen molar-refractivity contribution >= 4 is 46.9 Å². The fraction of sp³-hybridized carbons (Fsp3) is 0.522. The molecule has 1 unspecified atom stereocenters. The van der Waals surface area contributed by atoms with Crippen molar-refractivity contribution in [1.82, 2.24) is 9.80 Å². The minimum Gasteiger partial charge on any atom is -0.493 e. The Morgan fingerprint density at radius 2 is 1.39 bits per heavy atom. The van der Waals surface area contributed by atoms with Crippen LogP contribution in [0, 0.1) is 0 Å². The first-order valence-electron chi connectivity index (χ1n) is 21.5. The van der Waals surface area contributed by atoms with E-state index in [4.69, 9.17) is 28.4 Å². The molecule has 3 aliphatic heterocycles. The lowest BCUT2D eigenvalue weighted by atomic mass is 10.0. The van der Waals surface area contributed by atoms with E-state index in [2.05, 4.69) is 18.5 Å². The standard InChI is InChI=1S/C23H30N2O7.C23H32N2O7/c1-4-11-32-23(29)25-18-14-20(31-12-7-8-15(2)26)19(30-3)13-16(18)21(27)24-10-6-5-9-17(24)22(25)28;1-4-11-32-23(29)24-19-14-21(31-12-7-8-16(2)27)20(30-3)13-18(19)22(28)25-10-6-5-9-17(25)15-26/h4,13-14,17,22,28H,1,5-12H2,2-3H3;4,13-14,17,26H,1,5-12,15H2,2-3H3,(H,24,29)/t17-,22?;17-/m00/s1. The topological polar surface area (TPSA) is 220 Å². The van der Waals surface area contributed by atoms with E-state index >= 15 is 0 Å². The monoisotopic (exact) mass is 894 g/mol. The van der Waals surface area contributed by atoms with Crippen molar-refractivity contribution in [3.63, 3.8) is 0 Å². The summed E-state index contributed by atoms with van der Waals surface area (Å²) in [5.74, 6) is 0.773. The molecule has 0 aromatic heterocycles. The SMILES string of the molecule is C=CCOC(=O)N1c2cc(OCCCC(C)=O)c(OC)cc2C(=O)N2CCCC[C@H]2C1O.C=CCOC(=O)Nc1cc(OCCCC(C)=O)c(OC)cc1C(=O)N1CCCC[C@H]1CO. The van der Waals surface area contributed by atoms with Gasteiger partial charge in [-0.15, -0.1) is 0 Å². The van der Waals surface area contributed by atoms with Gasteiger partial charge < -0.3 is 58.0 Å². The molecule has 0 saturated carbocycles. The minimum absolute atomic E-state index is 0.0123. The lowest BCUT2D eigenvalue weighted by Gasteiger charge is -2.38. The van der Waals surface area contributed by atoms with Gasteiger partial charge >= 0.3 is 12.2 Å². The molecule has 3 heterocycles. The van der Waals surface area contributed by atoms with Crippen molar-refractivity contribution in [2.75, 3.05) is 70.6 Å². The van der Waals surface area contributed by atoms with E-state index in [0.29, 0.717) is 74.6 Å². The number of piperidine rings is 2. The highest BCUT2D eigenvalue weighted by Crippen LogP contribution is 2.41. The minimum atomic E-state index is -1.28. The number of hydrogen-bond acceptors (Lipinski definition) is 14. The molecule has 3 atom stereocenters. The number of benzene rings is 2. The van der Waals surface area contributed by atoms with E-state index in [-0.39, 0.29) is 85.0 Å². The fourth-order valence-corrected chi connectivity index (χ4v) is 7.60. The number of methoxy groups -OCH3 is 2. The lowest BCUT2D eigenvalue weighted by molar-refractivity contribution is -0.118. The highest BCUT2D eigenvalue weighted by Gasteiger charge is 2.44. The summed E-state index contributed by atoms with van der Waals surface area (Å²) in [6, 6.07) is 5.21. The maximum atomic E-state index is 13.4. The van der Waals surface area contributed by atoms with Crippen LogP contribution in [0.5, 0.6) is 23.0 Å². The quantitative estimate of drug-likeness (QED) is 0.108. The van der Waals surface area contributed by atoms with Crippen LogP contribution < -0.4 is 29.2 Å². The van der Waals surface area contributed by atoms with E-state index in [9.17, 15) is 39.0 Å². The predicted octanol–water partition coefficient (Wildman–Crippen LogP) is 6.06. The van der Waals surface area contributed by atoms with Crippen molar-refractivity contribution in [2.24, 2.45) is 0 Å². The molecule has 64 heavy (non-hydrogen) atoms. The number of hydrogen-bond donors (Lipinski definition) is 3. The predicted molar refractivity (Wildman–Crippen MR) is 236 cm³/mol. The van der Waals surface area contributed by atoms with Gasteiger partial charge in [-0.3, -0.25) is 14.9 Å². The first-order valence-corrected chi connectivity index (χ1v) is 21.5. The van der Waals surface area contributed by atoms with E-state index in [1.807, 2.05) is 0 Å². The Balaban J connectivity index is 0.000000281. The molecule has 18 nitrogen and oxygen atoms in total. The number of carbonyl (C=O) groups is 6. The van der Waals surface area contributed by atoms with Gasteiger partial charge in [0.1, 0.15) is 24.8 Å². The number of aliphatic hydroxyl groups is 2. The van der Waals surface area contributed by atoms with E-state index in [1.54, 1.807) is 9.80 Å². The molecule has 0 aliphatic carbocycles. The number of ether oxygens (including phenoxy) is 6. The van der Waals surface area contributed by atoms with Gasteiger partial charge in [-0.1, -0.05) is 25.3 Å². The zero-order valence-electron chi connectivity index (χ0n) is 37.3. The van der Waals surface area contributed by atoms with Gasteiger partial charge in [-0.2, -0.15) is 0 Å². The maximum absolute atomic E-state index is 13.4. The van der Waals surface area contributed by atoms with Gasteiger partial charge in [-0.25, -0.2) is 14.5 Å². The normalized spacial score (nSPS) is 17.8. The second kappa shape index (κ2) is 25.2. The highest BCUT2D eigenvalue weighted by molar-refractivity contribution is 6.06. The number of fused-ring (bicyclic) bond motifs is 2. The smallest absolute Gasteiger partial charge is 0.416 e. The number of rotatable bonds is 19. The summed E-state index contributed by atoms with van der Waals surface area (Å²) in [6.45, 7) is 11.4. The number of aliphatic hydroxyl groups excluding tert-OH is 2. The number of amides is 4. The summed E-state index contributed by atoms with van der Waals surface area (Å²) in [4.78, 5) is 78.6. The Kier molecular flexibility index (Phi) is 19.9. The number of nitrogens with one attached hydrogen (secondary N) is 1. The largest absolute Gasteiger partial charge is 0.493 e.